The minimum absolute atomic E-state index is 0.0430. The average molecular weight is 432 g/mol. The monoisotopic (exact) mass is 432 g/mol. The van der Waals surface area contributed by atoms with Crippen LogP contribution in [-0.4, -0.2) is 89.7 Å². The first-order valence-electron chi connectivity index (χ1n) is 10.1. The fourth-order valence-electron chi connectivity index (χ4n) is 4.47. The summed E-state index contributed by atoms with van der Waals surface area (Å²) >= 11 is 0. The number of nitrogens with zero attached hydrogens (tertiary/aromatic N) is 1. The molecule has 1 aliphatic rings. The van der Waals surface area contributed by atoms with E-state index in [9.17, 15) is 24.3 Å². The predicted octanol–water partition coefficient (Wildman–Crippen LogP) is 0.334. The zero-order chi connectivity index (χ0) is 23.3. The van der Waals surface area contributed by atoms with Crippen molar-refractivity contribution in [2.45, 2.75) is 78.6 Å². The maximum atomic E-state index is 13.2. The molecule has 0 aromatic rings. The number of likely N-dealkylation sites (N-methyl/N-ethyl adjacent to an activating group) is 1. The van der Waals surface area contributed by atoms with Gasteiger partial charge in [0.15, 0.2) is 12.2 Å². The van der Waals surface area contributed by atoms with E-state index in [0.29, 0.717) is 19.6 Å². The van der Waals surface area contributed by atoms with Crippen LogP contribution in [-0.2, 0) is 38.1 Å². The highest BCUT2D eigenvalue weighted by atomic mass is 16.7. The van der Waals surface area contributed by atoms with E-state index in [1.165, 1.54) is 6.92 Å². The summed E-state index contributed by atoms with van der Waals surface area (Å²) in [6.07, 6.45) is -5.22. The topological polar surface area (TPSA) is 125 Å². The minimum atomic E-state index is -1.78. The Bertz CT molecular complexity index is 652. The second-order valence-corrected chi connectivity index (χ2v) is 7.36. The lowest BCUT2D eigenvalue weighted by atomic mass is 9.84. The van der Waals surface area contributed by atoms with Gasteiger partial charge in [-0.2, -0.15) is 0 Å². The first-order valence-corrected chi connectivity index (χ1v) is 10.1. The van der Waals surface area contributed by atoms with E-state index in [1.54, 1.807) is 0 Å². The molecule has 1 N–H and O–H groups in total. The molecular formula is C20H34NO9+. The van der Waals surface area contributed by atoms with E-state index < -0.39 is 60.4 Å². The van der Waals surface area contributed by atoms with Crippen molar-refractivity contribution in [3.8, 4) is 0 Å². The van der Waals surface area contributed by atoms with Gasteiger partial charge in [0.1, 0.15) is 6.10 Å². The van der Waals surface area contributed by atoms with E-state index in [-0.39, 0.29) is 4.48 Å². The summed E-state index contributed by atoms with van der Waals surface area (Å²) in [6, 6.07) is 0. The van der Waals surface area contributed by atoms with Crippen LogP contribution in [0.1, 0.15) is 48.5 Å². The largest absolute Gasteiger partial charge is 0.456 e. The summed E-state index contributed by atoms with van der Waals surface area (Å²) in [4.78, 5) is 48.9. The van der Waals surface area contributed by atoms with E-state index >= 15 is 0 Å². The van der Waals surface area contributed by atoms with Gasteiger partial charge < -0.3 is 24.1 Å². The number of hydrogen-bond donors (Lipinski definition) is 1. The van der Waals surface area contributed by atoms with Crippen molar-refractivity contribution in [1.29, 1.82) is 0 Å². The summed E-state index contributed by atoms with van der Waals surface area (Å²) < 4.78 is 22.5. The molecule has 0 spiro atoms. The minimum Gasteiger partial charge on any atom is -0.456 e. The quantitative estimate of drug-likeness (QED) is 0.312. The highest BCUT2D eigenvalue weighted by Gasteiger charge is 2.70. The van der Waals surface area contributed by atoms with Gasteiger partial charge in [0.2, 0.25) is 11.9 Å². The van der Waals surface area contributed by atoms with Crippen molar-refractivity contribution in [1.82, 2.24) is 0 Å². The first-order chi connectivity index (χ1) is 14.0. The lowest BCUT2D eigenvalue weighted by Gasteiger charge is -2.57. The lowest BCUT2D eigenvalue weighted by molar-refractivity contribution is -0.991. The molecular weight excluding hydrogens is 398 g/mol. The van der Waals surface area contributed by atoms with Gasteiger partial charge in [0.25, 0.3) is 0 Å². The van der Waals surface area contributed by atoms with Gasteiger partial charge in [-0.15, -0.1) is 0 Å². The van der Waals surface area contributed by atoms with Crippen molar-refractivity contribution >= 4 is 23.7 Å². The Balaban J connectivity index is 3.88. The summed E-state index contributed by atoms with van der Waals surface area (Å²) in [5.74, 6) is -2.63. The van der Waals surface area contributed by atoms with Gasteiger partial charge in [0, 0.05) is 27.7 Å². The average Bonchev–Trinajstić information content (AvgIpc) is 2.66. The third-order valence-electron chi connectivity index (χ3n) is 5.81. The molecule has 1 heterocycles. The number of carbonyl (C=O) groups is 4. The number of esters is 3. The third-order valence-corrected chi connectivity index (χ3v) is 5.81. The number of ketones is 1. The van der Waals surface area contributed by atoms with Crippen molar-refractivity contribution in [2.75, 3.05) is 26.2 Å². The number of aliphatic hydroxyl groups excluding tert-OH is 1. The van der Waals surface area contributed by atoms with Gasteiger partial charge in [-0.25, -0.2) is 0 Å². The van der Waals surface area contributed by atoms with Gasteiger partial charge in [0.05, 0.1) is 26.2 Å². The number of Topliss-reactive ketones (excluding diaryl/α,β-unsaturated/α-hetero) is 1. The Morgan fingerprint density at radius 3 is 1.60 bits per heavy atom. The maximum Gasteiger partial charge on any atom is 0.305 e. The molecule has 1 saturated heterocycles. The molecule has 0 unspecified atom stereocenters. The number of carbonyl (C=O) groups excluding carboxylic acids is 4. The second-order valence-electron chi connectivity index (χ2n) is 7.36. The maximum absolute atomic E-state index is 13.2. The first kappa shape index (κ1) is 26.0. The molecule has 10 heteroatoms. The van der Waals surface area contributed by atoms with Crippen molar-refractivity contribution in [2.24, 2.45) is 0 Å². The second kappa shape index (κ2) is 10.3. The van der Waals surface area contributed by atoms with Crippen LogP contribution in [0.3, 0.4) is 0 Å². The smallest absolute Gasteiger partial charge is 0.305 e. The zero-order valence-corrected chi connectivity index (χ0v) is 18.8. The predicted molar refractivity (Wildman–Crippen MR) is 104 cm³/mol. The normalized spacial score (nSPS) is 29.1. The molecule has 0 radical (unpaired) electrons. The van der Waals surface area contributed by atoms with Crippen LogP contribution in [0.4, 0.5) is 0 Å². The Kier molecular flexibility index (Phi) is 8.94. The van der Waals surface area contributed by atoms with E-state index in [2.05, 4.69) is 0 Å². The molecule has 30 heavy (non-hydrogen) atoms. The van der Waals surface area contributed by atoms with Crippen molar-refractivity contribution in [3.63, 3.8) is 0 Å². The molecule has 0 saturated carbocycles. The summed E-state index contributed by atoms with van der Waals surface area (Å²) in [5.41, 5.74) is -1.78. The van der Waals surface area contributed by atoms with Crippen LogP contribution in [0.5, 0.6) is 0 Å². The molecule has 1 aliphatic heterocycles. The molecule has 1 fully saturated rings. The van der Waals surface area contributed by atoms with E-state index in [4.69, 9.17) is 18.9 Å². The Hall–Kier alpha value is -2.04. The molecule has 10 nitrogen and oxygen atoms in total. The van der Waals surface area contributed by atoms with E-state index in [1.807, 2.05) is 20.8 Å². The summed E-state index contributed by atoms with van der Waals surface area (Å²) in [5, 5.41) is 10.0. The number of ether oxygens (including phenoxy) is 4. The Morgan fingerprint density at radius 2 is 1.27 bits per heavy atom. The molecule has 0 amide bonds. The SMILES string of the molecule is CC[N+](CC)(CC)[C@]1(C(C)=O)O[C@H](CO)[C@@H](OC(C)=O)[C@H](OC(C)=O)[C@H]1OC(C)=O. The molecule has 0 aromatic heterocycles. The van der Waals surface area contributed by atoms with Gasteiger partial charge in [-0.1, -0.05) is 0 Å². The lowest BCUT2D eigenvalue weighted by Crippen LogP contribution is -2.81. The van der Waals surface area contributed by atoms with Crippen molar-refractivity contribution < 1.29 is 47.7 Å². The fraction of sp³-hybridized carbons (Fsp3) is 0.800. The molecule has 0 aromatic carbocycles. The van der Waals surface area contributed by atoms with Crippen LogP contribution in [0, 0.1) is 0 Å². The molecule has 0 aliphatic carbocycles. The van der Waals surface area contributed by atoms with Gasteiger partial charge in [-0.05, 0) is 20.8 Å². The third kappa shape index (κ3) is 4.65. The summed E-state index contributed by atoms with van der Waals surface area (Å²) in [6.45, 7) is 11.0. The van der Waals surface area contributed by atoms with E-state index in [0.717, 1.165) is 20.8 Å². The van der Waals surface area contributed by atoms with Crippen LogP contribution >= 0.6 is 0 Å². The van der Waals surface area contributed by atoms with Crippen LogP contribution < -0.4 is 0 Å². The fourth-order valence-corrected chi connectivity index (χ4v) is 4.47. The standard InChI is InChI=1S/C20H34NO9/c1-8-21(9-2,10-3)20(12(4)23)19(29-15(7)26)18(28-14(6)25)17(27-13(5)24)16(11-22)30-20/h16-19,22H,8-11H2,1-7H3/q+1/t16-,17-,18+,19-,20-/m1/s1. The molecule has 172 valence electrons. The highest BCUT2D eigenvalue weighted by Crippen LogP contribution is 2.42. The number of hydrogen-bond acceptors (Lipinski definition) is 9. The van der Waals surface area contributed by atoms with Crippen LogP contribution in [0.25, 0.3) is 0 Å². The van der Waals surface area contributed by atoms with Crippen molar-refractivity contribution in [3.05, 3.63) is 0 Å². The summed E-state index contributed by atoms with van der Waals surface area (Å²) in [7, 11) is 0. The Morgan fingerprint density at radius 1 is 0.833 bits per heavy atom. The van der Waals surface area contributed by atoms with Crippen LogP contribution in [0.2, 0.25) is 0 Å². The zero-order valence-electron chi connectivity index (χ0n) is 18.8. The van der Waals surface area contributed by atoms with Crippen LogP contribution in [0.15, 0.2) is 0 Å². The molecule has 5 atom stereocenters. The number of quaternary nitrogens is 1. The highest BCUT2D eigenvalue weighted by molar-refractivity contribution is 5.85. The molecule has 0 bridgehead atoms. The number of aliphatic hydroxyl groups is 1. The molecule has 1 rings (SSSR count). The van der Waals surface area contributed by atoms with Gasteiger partial charge >= 0.3 is 23.6 Å². The number of rotatable bonds is 9. The van der Waals surface area contributed by atoms with Gasteiger partial charge in [-0.3, -0.25) is 23.7 Å². The Labute approximate surface area is 177 Å².